The number of aliphatic hydroxyl groups excluding tert-OH is 1. The number of hydrogen-bond donors (Lipinski definition) is 1. The van der Waals surface area contributed by atoms with Crippen LogP contribution in [0, 0.1) is 10.1 Å². The first-order valence-corrected chi connectivity index (χ1v) is 12.3. The maximum absolute atomic E-state index is 13.2. The topological polar surface area (TPSA) is 113 Å². The summed E-state index contributed by atoms with van der Waals surface area (Å²) in [6.07, 6.45) is 1.35. The fourth-order valence-electron chi connectivity index (χ4n) is 4.96. The molecule has 1 fully saturated rings. The molecule has 1 amide bonds. The molecule has 0 bridgehead atoms. The number of nitrogens with zero attached hydrogens (tertiary/aromatic N) is 3. The van der Waals surface area contributed by atoms with Crippen LogP contribution in [0.5, 0.6) is 5.75 Å². The zero-order valence-corrected chi connectivity index (χ0v) is 20.8. The summed E-state index contributed by atoms with van der Waals surface area (Å²) >= 11 is 0. The summed E-state index contributed by atoms with van der Waals surface area (Å²) in [7, 11) is 0. The summed E-state index contributed by atoms with van der Waals surface area (Å²) < 4.78 is 5.74. The Morgan fingerprint density at radius 1 is 1.17 bits per heavy atom. The van der Waals surface area contributed by atoms with E-state index in [2.05, 4.69) is 18.7 Å². The zero-order valence-electron chi connectivity index (χ0n) is 20.8. The van der Waals surface area contributed by atoms with Gasteiger partial charge in [0.15, 0.2) is 0 Å². The van der Waals surface area contributed by atoms with Crippen molar-refractivity contribution in [3.63, 3.8) is 0 Å². The highest BCUT2D eigenvalue weighted by atomic mass is 16.6. The Morgan fingerprint density at radius 3 is 2.50 bits per heavy atom. The summed E-state index contributed by atoms with van der Waals surface area (Å²) in [5.74, 6) is -0.963. The summed E-state index contributed by atoms with van der Waals surface area (Å²) in [5, 5.41) is 22.5. The minimum atomic E-state index is -0.842. The van der Waals surface area contributed by atoms with Crippen LogP contribution in [0.1, 0.15) is 49.9 Å². The predicted molar refractivity (Wildman–Crippen MR) is 135 cm³/mol. The van der Waals surface area contributed by atoms with Crippen LogP contribution < -0.4 is 4.74 Å². The lowest BCUT2D eigenvalue weighted by Crippen LogP contribution is -2.33. The van der Waals surface area contributed by atoms with Gasteiger partial charge in [-0.2, -0.15) is 0 Å². The molecule has 2 aliphatic heterocycles. The average Bonchev–Trinajstić information content (AvgIpc) is 3.37. The quantitative estimate of drug-likeness (QED) is 0.184. The van der Waals surface area contributed by atoms with Gasteiger partial charge in [0.25, 0.3) is 17.4 Å². The number of amides is 1. The Balaban J connectivity index is 1.74. The minimum Gasteiger partial charge on any atom is -0.507 e. The standard InChI is InChI=1S/C27H31N3O6/c1-4-28(5-2)13-6-14-29-24(18-7-10-21(11-8-18)30(34)35)23(26(32)27(29)33)25(31)19-9-12-22-20(16-19)15-17(3)36-22/h7-12,16-17,24,31H,4-6,13-15H2,1-3H3/b25-23-. The van der Waals surface area contributed by atoms with E-state index in [4.69, 9.17) is 4.74 Å². The molecule has 2 atom stereocenters. The molecule has 2 aromatic carbocycles. The van der Waals surface area contributed by atoms with Crippen LogP contribution in [-0.4, -0.2) is 63.8 Å². The van der Waals surface area contributed by atoms with E-state index in [0.29, 0.717) is 30.5 Å². The molecule has 4 rings (SSSR count). The van der Waals surface area contributed by atoms with Crippen molar-refractivity contribution in [3.05, 3.63) is 74.8 Å². The highest BCUT2D eigenvalue weighted by Crippen LogP contribution is 2.41. The van der Waals surface area contributed by atoms with E-state index in [0.717, 1.165) is 30.9 Å². The molecule has 190 valence electrons. The number of nitro benzene ring substituents is 1. The van der Waals surface area contributed by atoms with Gasteiger partial charge < -0.3 is 19.6 Å². The average molecular weight is 494 g/mol. The number of hydrogen-bond acceptors (Lipinski definition) is 7. The van der Waals surface area contributed by atoms with Gasteiger partial charge in [-0.25, -0.2) is 0 Å². The first-order chi connectivity index (χ1) is 17.2. The molecule has 1 N–H and O–H groups in total. The van der Waals surface area contributed by atoms with Crippen molar-refractivity contribution >= 4 is 23.1 Å². The van der Waals surface area contributed by atoms with Gasteiger partial charge in [0, 0.05) is 30.7 Å². The van der Waals surface area contributed by atoms with Crippen LogP contribution in [0.2, 0.25) is 0 Å². The third-order valence-corrected chi connectivity index (χ3v) is 6.90. The first-order valence-electron chi connectivity index (χ1n) is 12.3. The number of fused-ring (bicyclic) bond motifs is 1. The zero-order chi connectivity index (χ0) is 26.0. The summed E-state index contributed by atoms with van der Waals surface area (Å²) in [6, 6.07) is 10.1. The molecule has 0 saturated carbocycles. The lowest BCUT2D eigenvalue weighted by Gasteiger charge is -2.26. The van der Waals surface area contributed by atoms with E-state index < -0.39 is 22.7 Å². The van der Waals surface area contributed by atoms with Crippen molar-refractivity contribution in [1.29, 1.82) is 0 Å². The number of ether oxygens (including phenoxy) is 1. The maximum atomic E-state index is 13.2. The van der Waals surface area contributed by atoms with Gasteiger partial charge in [0.1, 0.15) is 17.6 Å². The summed E-state index contributed by atoms with van der Waals surface area (Å²) in [6.45, 7) is 8.91. The molecule has 2 aliphatic rings. The van der Waals surface area contributed by atoms with Crippen molar-refractivity contribution < 1.29 is 24.4 Å². The van der Waals surface area contributed by atoms with E-state index in [9.17, 15) is 24.8 Å². The Hall–Kier alpha value is -3.72. The van der Waals surface area contributed by atoms with E-state index in [1.54, 1.807) is 18.2 Å². The molecular weight excluding hydrogens is 462 g/mol. The Bertz CT molecular complexity index is 1200. The smallest absolute Gasteiger partial charge is 0.295 e. The number of aliphatic hydroxyl groups is 1. The van der Waals surface area contributed by atoms with E-state index >= 15 is 0 Å². The lowest BCUT2D eigenvalue weighted by atomic mass is 9.94. The number of non-ortho nitro benzene ring substituents is 1. The Labute approximate surface area is 210 Å². The first kappa shape index (κ1) is 25.4. The number of likely N-dealkylation sites (tertiary alicyclic amines) is 1. The molecule has 0 aromatic heterocycles. The van der Waals surface area contributed by atoms with Gasteiger partial charge in [0.2, 0.25) is 0 Å². The molecule has 9 nitrogen and oxygen atoms in total. The van der Waals surface area contributed by atoms with Gasteiger partial charge >= 0.3 is 0 Å². The van der Waals surface area contributed by atoms with Crippen LogP contribution in [-0.2, 0) is 16.0 Å². The molecule has 0 spiro atoms. The summed E-state index contributed by atoms with van der Waals surface area (Å²) in [4.78, 5) is 40.7. The number of carbonyl (C=O) groups is 2. The maximum Gasteiger partial charge on any atom is 0.295 e. The van der Waals surface area contributed by atoms with Gasteiger partial charge in [0.05, 0.1) is 16.5 Å². The molecule has 0 aliphatic carbocycles. The SMILES string of the molecule is CCN(CC)CCCN1C(=O)C(=O)/C(=C(\O)c2ccc3c(c2)CC(C)O3)C1c1ccc([N+](=O)[O-])cc1. The van der Waals surface area contributed by atoms with Crippen LogP contribution in [0.25, 0.3) is 5.76 Å². The molecular formula is C27H31N3O6. The summed E-state index contributed by atoms with van der Waals surface area (Å²) in [5.41, 5.74) is 1.78. The van der Waals surface area contributed by atoms with Gasteiger partial charge in [-0.05, 0) is 74.4 Å². The largest absolute Gasteiger partial charge is 0.507 e. The molecule has 2 aromatic rings. The number of ketones is 1. The fraction of sp³-hybridized carbons (Fsp3) is 0.407. The van der Waals surface area contributed by atoms with Gasteiger partial charge in [-0.15, -0.1) is 0 Å². The number of Topliss-reactive ketones (excluding diaryl/α,β-unsaturated/α-hetero) is 1. The number of carbonyl (C=O) groups excluding carboxylic acids is 2. The highest BCUT2D eigenvalue weighted by molar-refractivity contribution is 6.46. The second kappa shape index (κ2) is 10.5. The highest BCUT2D eigenvalue weighted by Gasteiger charge is 2.46. The van der Waals surface area contributed by atoms with Crippen molar-refractivity contribution in [2.45, 2.75) is 45.8 Å². The van der Waals surface area contributed by atoms with Crippen LogP contribution in [0.15, 0.2) is 48.0 Å². The van der Waals surface area contributed by atoms with Crippen LogP contribution in [0.4, 0.5) is 5.69 Å². The van der Waals surface area contributed by atoms with Crippen LogP contribution >= 0.6 is 0 Å². The normalized spacial score (nSPS) is 20.6. The van der Waals surface area contributed by atoms with E-state index in [-0.39, 0.29) is 23.1 Å². The van der Waals surface area contributed by atoms with Crippen molar-refractivity contribution in [1.82, 2.24) is 9.80 Å². The lowest BCUT2D eigenvalue weighted by molar-refractivity contribution is -0.384. The van der Waals surface area contributed by atoms with E-state index in [1.165, 1.54) is 29.2 Å². The minimum absolute atomic E-state index is 0.0105. The van der Waals surface area contributed by atoms with E-state index in [1.807, 2.05) is 6.92 Å². The molecule has 2 heterocycles. The number of nitro groups is 1. The monoisotopic (exact) mass is 493 g/mol. The number of benzene rings is 2. The van der Waals surface area contributed by atoms with Crippen molar-refractivity contribution in [2.75, 3.05) is 26.2 Å². The Morgan fingerprint density at radius 2 is 1.86 bits per heavy atom. The number of rotatable bonds is 9. The van der Waals surface area contributed by atoms with Gasteiger partial charge in [-0.3, -0.25) is 19.7 Å². The Kier molecular flexibility index (Phi) is 7.40. The molecule has 9 heteroatoms. The third-order valence-electron chi connectivity index (χ3n) is 6.90. The molecule has 0 radical (unpaired) electrons. The third kappa shape index (κ3) is 4.83. The predicted octanol–water partition coefficient (Wildman–Crippen LogP) is 4.07. The fourth-order valence-corrected chi connectivity index (χ4v) is 4.96. The van der Waals surface area contributed by atoms with Crippen molar-refractivity contribution in [2.24, 2.45) is 0 Å². The van der Waals surface area contributed by atoms with Crippen molar-refractivity contribution in [3.8, 4) is 5.75 Å². The van der Waals surface area contributed by atoms with Gasteiger partial charge in [-0.1, -0.05) is 13.8 Å². The molecule has 36 heavy (non-hydrogen) atoms. The molecule has 1 saturated heterocycles. The van der Waals surface area contributed by atoms with Crippen LogP contribution in [0.3, 0.4) is 0 Å². The second-order valence-corrected chi connectivity index (χ2v) is 9.18. The molecule has 2 unspecified atom stereocenters. The second-order valence-electron chi connectivity index (χ2n) is 9.18.